The van der Waals surface area contributed by atoms with Crippen LogP contribution in [-0.2, 0) is 10.8 Å². The second-order valence-electron chi connectivity index (χ2n) is 17.5. The summed E-state index contributed by atoms with van der Waals surface area (Å²) in [7, 11) is 0. The molecule has 7 aromatic carbocycles. The van der Waals surface area contributed by atoms with Crippen molar-refractivity contribution < 1.29 is 0 Å². The second-order valence-corrected chi connectivity index (χ2v) is 17.5. The molecule has 7 aromatic rings. The van der Waals surface area contributed by atoms with Crippen LogP contribution >= 0.6 is 0 Å². The van der Waals surface area contributed by atoms with Gasteiger partial charge >= 0.3 is 0 Å². The highest BCUT2D eigenvalue weighted by Gasteiger charge is 2.37. The molecule has 2 nitrogen and oxygen atoms in total. The molecule has 0 bridgehead atoms. The average molecular weight is 803 g/mol. The van der Waals surface area contributed by atoms with E-state index >= 15 is 0 Å². The van der Waals surface area contributed by atoms with Gasteiger partial charge in [-0.05, 0) is 124 Å². The minimum Gasteiger partial charge on any atom is -0.314 e. The summed E-state index contributed by atoms with van der Waals surface area (Å²) in [4.78, 5) is 4.71. The normalized spacial score (nSPS) is 14.3. The molecule has 2 aliphatic carbocycles. The summed E-state index contributed by atoms with van der Waals surface area (Å²) in [6.45, 7) is 22.2. The van der Waals surface area contributed by atoms with Crippen LogP contribution in [0.3, 0.4) is 0 Å². The van der Waals surface area contributed by atoms with Crippen molar-refractivity contribution in [2.75, 3.05) is 9.80 Å². The average Bonchev–Trinajstić information content (AvgIpc) is 3.67. The van der Waals surface area contributed by atoms with E-state index < -0.39 is 0 Å². The van der Waals surface area contributed by atoms with E-state index in [4.69, 9.17) is 0 Å². The summed E-state index contributed by atoms with van der Waals surface area (Å²) in [5, 5.41) is 0. The lowest BCUT2D eigenvalue weighted by molar-refractivity contribution is 0.660. The lowest BCUT2D eigenvalue weighted by Gasteiger charge is -2.30. The molecule has 2 aliphatic rings. The number of rotatable bonds is 11. The van der Waals surface area contributed by atoms with Gasteiger partial charge in [-0.3, -0.25) is 0 Å². The Hall–Kier alpha value is -7.16. The van der Waals surface area contributed by atoms with Crippen molar-refractivity contribution in [2.45, 2.75) is 52.4 Å². The Morgan fingerprint density at radius 3 is 1.45 bits per heavy atom. The van der Waals surface area contributed by atoms with Gasteiger partial charge in [0.1, 0.15) is 0 Å². The van der Waals surface area contributed by atoms with Gasteiger partial charge in [-0.2, -0.15) is 0 Å². The van der Waals surface area contributed by atoms with E-state index in [9.17, 15) is 0 Å². The second kappa shape index (κ2) is 16.0. The number of nitrogens with zero attached hydrogens (tertiary/aromatic N) is 2. The maximum Gasteiger partial charge on any atom is 0.0539 e. The van der Waals surface area contributed by atoms with Crippen molar-refractivity contribution >= 4 is 22.7 Å². The molecule has 9 rings (SSSR count). The highest BCUT2D eigenvalue weighted by Crippen LogP contribution is 2.52. The molecule has 0 aliphatic heterocycles. The van der Waals surface area contributed by atoms with Gasteiger partial charge in [0, 0.05) is 44.7 Å². The number of para-hydroxylation sites is 2. The molecule has 0 fully saturated rings. The first-order valence-corrected chi connectivity index (χ1v) is 21.7. The van der Waals surface area contributed by atoms with Crippen molar-refractivity contribution in [3.63, 3.8) is 0 Å². The SMILES string of the molecule is C=C/C=C\C(=C)N(c1ccc2c(c1)C(C)(C)c1ccccc1-2)c1ccccc1-c1cccc(-c2ccccc2N(/C(C)=C/C=C\C)c2ccc3c(c2)C(C)(C)c2ccccc2-3)c1. The van der Waals surface area contributed by atoms with Gasteiger partial charge < -0.3 is 9.80 Å². The fraction of sp³-hybridized carbons (Fsp3) is 0.133. The minimum absolute atomic E-state index is 0.114. The third-order valence-corrected chi connectivity index (χ3v) is 13.0. The molecule has 0 aromatic heterocycles. The molecule has 0 amide bonds. The van der Waals surface area contributed by atoms with Gasteiger partial charge in [0.05, 0.1) is 11.4 Å². The Kier molecular flexibility index (Phi) is 10.4. The highest BCUT2D eigenvalue weighted by atomic mass is 15.2. The van der Waals surface area contributed by atoms with Crippen LogP contribution in [-0.4, -0.2) is 0 Å². The molecule has 0 saturated heterocycles. The van der Waals surface area contributed by atoms with E-state index in [1.807, 2.05) is 12.2 Å². The molecular formula is C60H54N2. The van der Waals surface area contributed by atoms with Gasteiger partial charge in [0.25, 0.3) is 0 Å². The van der Waals surface area contributed by atoms with Crippen molar-refractivity contribution in [3.05, 3.63) is 241 Å². The number of anilines is 4. The Balaban J connectivity index is 1.16. The maximum absolute atomic E-state index is 4.63. The number of hydrogen-bond acceptors (Lipinski definition) is 2. The first kappa shape index (κ1) is 40.3. The quantitative estimate of drug-likeness (QED) is 0.120. The molecule has 0 unspecified atom stereocenters. The van der Waals surface area contributed by atoms with Crippen LogP contribution in [0.2, 0.25) is 0 Å². The first-order chi connectivity index (χ1) is 30.0. The predicted octanol–water partition coefficient (Wildman–Crippen LogP) is 16.6. The highest BCUT2D eigenvalue weighted by molar-refractivity contribution is 5.92. The third-order valence-electron chi connectivity index (χ3n) is 13.0. The van der Waals surface area contributed by atoms with E-state index in [0.29, 0.717) is 0 Å². The van der Waals surface area contributed by atoms with Crippen molar-refractivity contribution in [3.8, 4) is 44.5 Å². The van der Waals surface area contributed by atoms with Crippen molar-refractivity contribution in [2.24, 2.45) is 0 Å². The molecule has 0 spiro atoms. The van der Waals surface area contributed by atoms with E-state index in [1.165, 1.54) is 44.5 Å². The van der Waals surface area contributed by atoms with Crippen molar-refractivity contribution in [1.82, 2.24) is 0 Å². The lowest BCUT2D eigenvalue weighted by Crippen LogP contribution is -2.18. The number of hydrogen-bond donors (Lipinski definition) is 0. The van der Waals surface area contributed by atoms with Crippen LogP contribution in [0.5, 0.6) is 0 Å². The van der Waals surface area contributed by atoms with Crippen LogP contribution in [0, 0.1) is 0 Å². The topological polar surface area (TPSA) is 6.48 Å². The van der Waals surface area contributed by atoms with Gasteiger partial charge in [-0.1, -0.05) is 180 Å². The number of benzene rings is 7. The zero-order chi connectivity index (χ0) is 43.2. The van der Waals surface area contributed by atoms with E-state index in [2.05, 4.69) is 240 Å². The maximum atomic E-state index is 4.63. The summed E-state index contributed by atoms with van der Waals surface area (Å²) in [6.07, 6.45) is 12.2. The summed E-state index contributed by atoms with van der Waals surface area (Å²) in [5.41, 5.74) is 21.3. The van der Waals surface area contributed by atoms with E-state index in [0.717, 1.165) is 56.4 Å². The minimum atomic E-state index is -0.137. The standard InChI is InChI=1S/C60H54N2/c1-9-11-22-41(3)61(45-34-36-51-49-28-13-17-30-53(49)59(5,6)55(51)39-45)57-32-19-15-26-47(57)43-24-21-25-44(38-43)48-27-16-20-33-58(48)62(42(4)23-12-10-2)46-35-37-52-50-29-14-18-31-54(50)60(7,8)56(52)40-46/h9-40H,1,3H2,2,4-8H3/b12-10-,22-11-,42-23+. The van der Waals surface area contributed by atoms with Crippen LogP contribution in [0.4, 0.5) is 22.7 Å². The van der Waals surface area contributed by atoms with E-state index in [-0.39, 0.29) is 10.8 Å². The fourth-order valence-electron chi connectivity index (χ4n) is 9.90. The lowest BCUT2D eigenvalue weighted by atomic mass is 9.82. The van der Waals surface area contributed by atoms with Gasteiger partial charge in [0.15, 0.2) is 0 Å². The third kappa shape index (κ3) is 6.77. The fourth-order valence-corrected chi connectivity index (χ4v) is 9.90. The Morgan fingerprint density at radius 2 is 0.935 bits per heavy atom. The molecular weight excluding hydrogens is 749 g/mol. The van der Waals surface area contributed by atoms with Crippen molar-refractivity contribution in [1.29, 1.82) is 0 Å². The molecule has 0 N–H and O–H groups in total. The summed E-state index contributed by atoms with van der Waals surface area (Å²) < 4.78 is 0. The molecule has 0 radical (unpaired) electrons. The monoisotopic (exact) mass is 802 g/mol. The van der Waals surface area contributed by atoms with Gasteiger partial charge in [-0.15, -0.1) is 0 Å². The Bertz CT molecular complexity index is 2990. The molecule has 0 atom stereocenters. The molecule has 2 heteroatoms. The molecule has 0 heterocycles. The van der Waals surface area contributed by atoms with Crippen LogP contribution < -0.4 is 9.80 Å². The summed E-state index contributed by atoms with van der Waals surface area (Å²) in [6, 6.07) is 58.0. The first-order valence-electron chi connectivity index (χ1n) is 21.7. The largest absolute Gasteiger partial charge is 0.314 e. The zero-order valence-electron chi connectivity index (χ0n) is 36.8. The number of allylic oxidation sites excluding steroid dienone is 7. The Labute approximate surface area is 368 Å². The molecule has 304 valence electrons. The molecule has 62 heavy (non-hydrogen) atoms. The summed E-state index contributed by atoms with van der Waals surface area (Å²) >= 11 is 0. The van der Waals surface area contributed by atoms with Gasteiger partial charge in [0.2, 0.25) is 0 Å². The zero-order valence-corrected chi connectivity index (χ0v) is 36.8. The van der Waals surface area contributed by atoms with Crippen LogP contribution in [0.15, 0.2) is 219 Å². The summed E-state index contributed by atoms with van der Waals surface area (Å²) in [5.74, 6) is 0. The van der Waals surface area contributed by atoms with Gasteiger partial charge in [-0.25, -0.2) is 0 Å². The predicted molar refractivity (Wildman–Crippen MR) is 267 cm³/mol. The Morgan fingerprint density at radius 1 is 0.484 bits per heavy atom. The molecule has 0 saturated carbocycles. The van der Waals surface area contributed by atoms with E-state index in [1.54, 1.807) is 6.08 Å². The smallest absolute Gasteiger partial charge is 0.0539 e. The van der Waals surface area contributed by atoms with Crippen LogP contribution in [0.25, 0.3) is 44.5 Å². The number of fused-ring (bicyclic) bond motifs is 6. The van der Waals surface area contributed by atoms with Crippen LogP contribution in [0.1, 0.15) is 63.8 Å².